The third-order valence-corrected chi connectivity index (χ3v) is 7.90. The van der Waals surface area contributed by atoms with E-state index in [0.717, 1.165) is 44.1 Å². The van der Waals surface area contributed by atoms with E-state index in [1.807, 2.05) is 13.8 Å². The molecule has 8 heteroatoms. The van der Waals surface area contributed by atoms with Crippen molar-refractivity contribution in [3.05, 3.63) is 35.1 Å². The third-order valence-electron chi connectivity index (χ3n) is 7.90. The van der Waals surface area contributed by atoms with Gasteiger partial charge in [-0.15, -0.1) is 0 Å². The number of rotatable bonds is 6. The molecule has 4 rings (SSSR count). The average molecular weight is 473 g/mol. The van der Waals surface area contributed by atoms with Gasteiger partial charge in [0.25, 0.3) is 5.91 Å². The van der Waals surface area contributed by atoms with Gasteiger partial charge >= 0.3 is 0 Å². The van der Waals surface area contributed by atoms with Gasteiger partial charge in [-0.25, -0.2) is 9.82 Å². The fourth-order valence-electron chi connectivity index (χ4n) is 5.98. The highest BCUT2D eigenvalue weighted by Gasteiger charge is 2.40. The summed E-state index contributed by atoms with van der Waals surface area (Å²) >= 11 is 0. The lowest BCUT2D eigenvalue weighted by atomic mass is 9.72. The van der Waals surface area contributed by atoms with Crippen molar-refractivity contribution in [2.24, 2.45) is 17.8 Å². The Labute approximate surface area is 201 Å². The molecule has 0 aromatic heterocycles. The second-order valence-corrected chi connectivity index (χ2v) is 9.91. The molecule has 186 valence electrons. The van der Waals surface area contributed by atoms with Crippen molar-refractivity contribution in [2.45, 2.75) is 64.8 Å². The average Bonchev–Trinajstić information content (AvgIpc) is 2.87. The van der Waals surface area contributed by atoms with E-state index in [2.05, 4.69) is 10.9 Å². The largest absolute Gasteiger partial charge is 0.343 e. The number of fused-ring (bicyclic) bond motifs is 1. The zero-order chi connectivity index (χ0) is 24.2. The molecule has 1 aromatic rings. The zero-order valence-electron chi connectivity index (χ0n) is 20.3. The van der Waals surface area contributed by atoms with E-state index in [9.17, 15) is 18.8 Å². The molecule has 2 saturated heterocycles. The van der Waals surface area contributed by atoms with Gasteiger partial charge in [-0.05, 0) is 69.6 Å². The van der Waals surface area contributed by atoms with Crippen molar-refractivity contribution in [2.75, 3.05) is 26.2 Å². The molecule has 4 unspecified atom stereocenters. The van der Waals surface area contributed by atoms with Gasteiger partial charge in [-0.1, -0.05) is 18.9 Å². The number of likely N-dealkylation sites (tertiary alicyclic amines) is 1. The van der Waals surface area contributed by atoms with Crippen molar-refractivity contribution in [1.29, 1.82) is 0 Å². The number of hydrogen-bond donors (Lipinski definition) is 2. The fourth-order valence-corrected chi connectivity index (χ4v) is 5.98. The Bertz CT molecular complexity index is 919. The van der Waals surface area contributed by atoms with Crippen LogP contribution in [0.4, 0.5) is 4.39 Å². The number of benzene rings is 1. The Balaban J connectivity index is 1.47. The lowest BCUT2D eigenvalue weighted by Crippen LogP contribution is -2.60. The van der Waals surface area contributed by atoms with Crippen LogP contribution in [0.5, 0.6) is 0 Å². The molecule has 2 heterocycles. The molecule has 7 nitrogen and oxygen atoms in total. The first-order valence-electron chi connectivity index (χ1n) is 12.8. The Morgan fingerprint density at radius 1 is 1.12 bits per heavy atom. The minimum atomic E-state index is -0.536. The minimum absolute atomic E-state index is 0.0233. The molecule has 0 bridgehead atoms. The van der Waals surface area contributed by atoms with Crippen molar-refractivity contribution in [3.63, 3.8) is 0 Å². The van der Waals surface area contributed by atoms with Gasteiger partial charge in [0, 0.05) is 38.1 Å². The van der Waals surface area contributed by atoms with Gasteiger partial charge < -0.3 is 9.80 Å². The number of hydrazine groups is 1. The SMILES string of the molecule is CCN(CC)C(=O)C1CCCN(C(=O)c2cc(CC3NNC(=O)C4CCCCC34)ccc2F)C1. The molecular weight excluding hydrogens is 435 g/mol. The highest BCUT2D eigenvalue weighted by molar-refractivity contribution is 5.95. The Morgan fingerprint density at radius 3 is 2.65 bits per heavy atom. The first-order chi connectivity index (χ1) is 16.4. The van der Waals surface area contributed by atoms with E-state index in [-0.39, 0.29) is 47.1 Å². The molecule has 4 atom stereocenters. The van der Waals surface area contributed by atoms with E-state index in [4.69, 9.17) is 0 Å². The van der Waals surface area contributed by atoms with Crippen molar-refractivity contribution < 1.29 is 18.8 Å². The highest BCUT2D eigenvalue weighted by atomic mass is 19.1. The minimum Gasteiger partial charge on any atom is -0.343 e. The number of nitrogens with one attached hydrogen (secondary N) is 2. The second-order valence-electron chi connectivity index (χ2n) is 9.91. The van der Waals surface area contributed by atoms with Gasteiger partial charge in [-0.2, -0.15) is 0 Å². The number of amides is 3. The lowest BCUT2D eigenvalue weighted by Gasteiger charge is -2.41. The van der Waals surface area contributed by atoms with Crippen molar-refractivity contribution in [1.82, 2.24) is 20.7 Å². The number of halogens is 1. The number of carbonyl (C=O) groups is 3. The maximum atomic E-state index is 14.8. The molecule has 2 aliphatic heterocycles. The predicted molar refractivity (Wildman–Crippen MR) is 127 cm³/mol. The topological polar surface area (TPSA) is 81.8 Å². The summed E-state index contributed by atoms with van der Waals surface area (Å²) in [4.78, 5) is 41.8. The summed E-state index contributed by atoms with van der Waals surface area (Å²) in [6, 6.07) is 4.81. The van der Waals surface area contributed by atoms with E-state index in [1.165, 1.54) is 6.07 Å². The van der Waals surface area contributed by atoms with E-state index in [1.54, 1.807) is 21.9 Å². The van der Waals surface area contributed by atoms with Crippen molar-refractivity contribution >= 4 is 17.7 Å². The molecule has 1 saturated carbocycles. The van der Waals surface area contributed by atoms with Crippen LogP contribution < -0.4 is 10.9 Å². The van der Waals surface area contributed by atoms with Crippen LogP contribution in [-0.4, -0.2) is 59.7 Å². The van der Waals surface area contributed by atoms with Crippen LogP contribution in [0.2, 0.25) is 0 Å². The van der Waals surface area contributed by atoms with Crippen LogP contribution in [0.1, 0.15) is 68.3 Å². The van der Waals surface area contributed by atoms with E-state index < -0.39 is 5.82 Å². The van der Waals surface area contributed by atoms with Crippen LogP contribution in [-0.2, 0) is 16.0 Å². The molecular formula is C26H37FN4O3. The third kappa shape index (κ3) is 5.11. The van der Waals surface area contributed by atoms with Crippen LogP contribution in [0.3, 0.4) is 0 Å². The number of nitrogens with zero attached hydrogens (tertiary/aromatic N) is 2. The summed E-state index contributed by atoms with van der Waals surface area (Å²) < 4.78 is 14.8. The van der Waals surface area contributed by atoms with Crippen LogP contribution in [0, 0.1) is 23.6 Å². The van der Waals surface area contributed by atoms with Gasteiger partial charge in [0.1, 0.15) is 5.82 Å². The summed E-state index contributed by atoms with van der Waals surface area (Å²) in [6.45, 7) is 6.07. The van der Waals surface area contributed by atoms with E-state index in [0.29, 0.717) is 32.6 Å². The second kappa shape index (κ2) is 10.8. The summed E-state index contributed by atoms with van der Waals surface area (Å²) in [5.41, 5.74) is 6.90. The predicted octanol–water partition coefficient (Wildman–Crippen LogP) is 2.90. The summed E-state index contributed by atoms with van der Waals surface area (Å²) in [6.07, 6.45) is 6.20. The van der Waals surface area contributed by atoms with Gasteiger partial charge in [-0.3, -0.25) is 19.8 Å². The quantitative estimate of drug-likeness (QED) is 0.667. The fraction of sp³-hybridized carbons (Fsp3) is 0.654. The van der Waals surface area contributed by atoms with Crippen molar-refractivity contribution in [3.8, 4) is 0 Å². The van der Waals surface area contributed by atoms with Crippen LogP contribution in [0.25, 0.3) is 0 Å². The Morgan fingerprint density at radius 2 is 1.88 bits per heavy atom. The maximum absolute atomic E-state index is 14.8. The van der Waals surface area contributed by atoms with Gasteiger partial charge in [0.15, 0.2) is 0 Å². The van der Waals surface area contributed by atoms with E-state index >= 15 is 0 Å². The Hall–Kier alpha value is -2.48. The number of piperidine rings is 1. The Kier molecular flexibility index (Phi) is 7.86. The first-order valence-corrected chi connectivity index (χ1v) is 12.8. The summed E-state index contributed by atoms with van der Waals surface area (Å²) in [5, 5.41) is 0. The molecule has 2 N–H and O–H groups in total. The maximum Gasteiger partial charge on any atom is 0.256 e. The molecule has 3 amide bonds. The first kappa shape index (κ1) is 24.6. The zero-order valence-corrected chi connectivity index (χ0v) is 20.3. The monoisotopic (exact) mass is 472 g/mol. The molecule has 0 spiro atoms. The molecule has 1 aromatic carbocycles. The lowest BCUT2D eigenvalue weighted by molar-refractivity contribution is -0.136. The molecule has 3 aliphatic rings. The van der Waals surface area contributed by atoms with Crippen LogP contribution >= 0.6 is 0 Å². The summed E-state index contributed by atoms with van der Waals surface area (Å²) in [5.74, 6) is -0.708. The standard InChI is InChI=1S/C26H37FN4O3/c1-3-30(4-2)25(33)18-8-7-13-31(16-18)26(34)21-14-17(11-12-22(21)27)15-23-19-9-5-6-10-20(19)24(32)29-28-23/h11-12,14,18-20,23,28H,3-10,13,15-16H2,1-2H3,(H,29,32). The van der Waals surface area contributed by atoms with Gasteiger partial charge in [0.05, 0.1) is 11.5 Å². The highest BCUT2D eigenvalue weighted by Crippen LogP contribution is 2.35. The smallest absolute Gasteiger partial charge is 0.256 e. The number of carbonyl (C=O) groups excluding carboxylic acids is 3. The molecule has 0 radical (unpaired) electrons. The molecule has 3 fully saturated rings. The molecule has 1 aliphatic carbocycles. The van der Waals surface area contributed by atoms with Gasteiger partial charge in [0.2, 0.25) is 11.8 Å². The normalized spacial score (nSPS) is 27.0. The summed E-state index contributed by atoms with van der Waals surface area (Å²) in [7, 11) is 0. The number of hydrogen-bond acceptors (Lipinski definition) is 4. The van der Waals surface area contributed by atoms with Crippen LogP contribution in [0.15, 0.2) is 18.2 Å². The molecule has 34 heavy (non-hydrogen) atoms.